The van der Waals surface area contributed by atoms with Crippen molar-refractivity contribution < 1.29 is 4.74 Å². The van der Waals surface area contributed by atoms with Crippen molar-refractivity contribution in [1.82, 2.24) is 9.97 Å². The second kappa shape index (κ2) is 9.49. The molecule has 5 heteroatoms. The van der Waals surface area contributed by atoms with Gasteiger partial charge in [-0.1, -0.05) is 47.5 Å². The Morgan fingerprint density at radius 3 is 2.41 bits per heavy atom. The second-order valence-corrected chi connectivity index (χ2v) is 6.64. The highest BCUT2D eigenvalue weighted by Crippen LogP contribution is 2.27. The van der Waals surface area contributed by atoms with Crippen molar-refractivity contribution in [2.45, 2.75) is 60.3 Å². The third-order valence-electron chi connectivity index (χ3n) is 3.17. The van der Waals surface area contributed by atoms with Crippen LogP contribution in [0.1, 0.15) is 59.7 Å². The number of anilines is 2. The summed E-state index contributed by atoms with van der Waals surface area (Å²) < 4.78 is 5.77. The van der Waals surface area contributed by atoms with Gasteiger partial charge < -0.3 is 15.8 Å². The number of ether oxygens (including phenoxy) is 1. The van der Waals surface area contributed by atoms with Crippen LogP contribution in [0.15, 0.2) is 0 Å². The van der Waals surface area contributed by atoms with Crippen LogP contribution in [0.4, 0.5) is 11.5 Å². The van der Waals surface area contributed by atoms with Crippen LogP contribution >= 0.6 is 0 Å². The SMILES string of the molecule is CCCCCNc1nc(CC(C)C)nc(OCC(C)C)c1N. The zero-order chi connectivity index (χ0) is 16.5. The number of hydrogen-bond donors (Lipinski definition) is 2. The minimum absolute atomic E-state index is 0.434. The molecule has 1 aromatic heterocycles. The number of aromatic nitrogens is 2. The van der Waals surface area contributed by atoms with E-state index in [2.05, 4.69) is 49.9 Å². The van der Waals surface area contributed by atoms with E-state index in [1.165, 1.54) is 12.8 Å². The summed E-state index contributed by atoms with van der Waals surface area (Å²) in [4.78, 5) is 9.06. The molecule has 0 aliphatic carbocycles. The maximum Gasteiger partial charge on any atom is 0.242 e. The molecule has 0 atom stereocenters. The van der Waals surface area contributed by atoms with Gasteiger partial charge in [-0.25, -0.2) is 4.98 Å². The molecule has 126 valence electrons. The number of nitrogens with two attached hydrogens (primary N) is 1. The standard InChI is InChI=1S/C17H32N4O/c1-6-7-8-9-19-16-15(18)17(22-11-13(4)5)21-14(20-16)10-12(2)3/h12-13H,6-11,18H2,1-5H3,(H,19,20,21). The second-order valence-electron chi connectivity index (χ2n) is 6.64. The Hall–Kier alpha value is -1.52. The Bertz CT molecular complexity index is 447. The van der Waals surface area contributed by atoms with Gasteiger partial charge in [-0.05, 0) is 18.3 Å². The molecule has 0 bridgehead atoms. The minimum atomic E-state index is 0.434. The van der Waals surface area contributed by atoms with E-state index in [1.807, 2.05) is 0 Å². The third kappa shape index (κ3) is 6.50. The van der Waals surface area contributed by atoms with Gasteiger partial charge in [0.25, 0.3) is 0 Å². The summed E-state index contributed by atoms with van der Waals surface area (Å²) in [5.41, 5.74) is 6.69. The Kier molecular flexibility index (Phi) is 7.99. The minimum Gasteiger partial charge on any atom is -0.476 e. The van der Waals surface area contributed by atoms with E-state index in [0.717, 1.165) is 25.2 Å². The van der Waals surface area contributed by atoms with Gasteiger partial charge in [0.2, 0.25) is 5.88 Å². The maximum atomic E-state index is 6.17. The van der Waals surface area contributed by atoms with E-state index >= 15 is 0 Å². The lowest BCUT2D eigenvalue weighted by molar-refractivity contribution is 0.261. The van der Waals surface area contributed by atoms with Gasteiger partial charge >= 0.3 is 0 Å². The van der Waals surface area contributed by atoms with E-state index in [1.54, 1.807) is 0 Å². The molecule has 0 aromatic carbocycles. The van der Waals surface area contributed by atoms with Crippen molar-refractivity contribution in [3.63, 3.8) is 0 Å². The molecule has 3 N–H and O–H groups in total. The Morgan fingerprint density at radius 2 is 1.82 bits per heavy atom. The average molecular weight is 308 g/mol. The summed E-state index contributed by atoms with van der Waals surface area (Å²) in [6.45, 7) is 12.2. The van der Waals surface area contributed by atoms with Crippen LogP contribution in [0.2, 0.25) is 0 Å². The molecule has 1 heterocycles. The highest BCUT2D eigenvalue weighted by molar-refractivity contribution is 5.66. The van der Waals surface area contributed by atoms with E-state index in [0.29, 0.717) is 35.8 Å². The molecule has 0 aliphatic heterocycles. The highest BCUT2D eigenvalue weighted by Gasteiger charge is 2.14. The number of nitrogen functional groups attached to an aromatic ring is 1. The first kappa shape index (κ1) is 18.5. The van der Waals surface area contributed by atoms with Crippen LogP contribution in [0, 0.1) is 11.8 Å². The molecule has 22 heavy (non-hydrogen) atoms. The summed E-state index contributed by atoms with van der Waals surface area (Å²) >= 11 is 0. The quantitative estimate of drug-likeness (QED) is 0.641. The van der Waals surface area contributed by atoms with Crippen molar-refractivity contribution in [1.29, 1.82) is 0 Å². The summed E-state index contributed by atoms with van der Waals surface area (Å²) in [6.07, 6.45) is 4.33. The van der Waals surface area contributed by atoms with Crippen LogP contribution < -0.4 is 15.8 Å². The maximum absolute atomic E-state index is 6.17. The predicted molar refractivity (Wildman–Crippen MR) is 93.3 cm³/mol. The van der Waals surface area contributed by atoms with E-state index in [-0.39, 0.29) is 0 Å². The fraction of sp³-hybridized carbons (Fsp3) is 0.765. The summed E-state index contributed by atoms with van der Waals surface area (Å²) in [6, 6.07) is 0. The molecule has 0 spiro atoms. The molecule has 0 radical (unpaired) electrons. The molecule has 0 amide bonds. The van der Waals surface area contributed by atoms with Gasteiger partial charge in [-0.3, -0.25) is 0 Å². The monoisotopic (exact) mass is 308 g/mol. The van der Waals surface area contributed by atoms with Crippen molar-refractivity contribution in [3.8, 4) is 5.88 Å². The summed E-state index contributed by atoms with van der Waals surface area (Å²) in [7, 11) is 0. The van der Waals surface area contributed by atoms with E-state index in [9.17, 15) is 0 Å². The highest BCUT2D eigenvalue weighted by atomic mass is 16.5. The zero-order valence-corrected chi connectivity index (χ0v) is 14.8. The van der Waals surface area contributed by atoms with Gasteiger partial charge in [-0.15, -0.1) is 0 Å². The lowest BCUT2D eigenvalue weighted by Crippen LogP contribution is -2.14. The molecule has 0 saturated carbocycles. The largest absolute Gasteiger partial charge is 0.476 e. The molecule has 0 fully saturated rings. The van der Waals surface area contributed by atoms with Gasteiger partial charge in [-0.2, -0.15) is 4.98 Å². The van der Waals surface area contributed by atoms with Crippen LogP contribution in [0.3, 0.4) is 0 Å². The van der Waals surface area contributed by atoms with Gasteiger partial charge in [0, 0.05) is 13.0 Å². The van der Waals surface area contributed by atoms with Gasteiger partial charge in [0.15, 0.2) is 5.82 Å². The lowest BCUT2D eigenvalue weighted by atomic mass is 10.1. The van der Waals surface area contributed by atoms with Crippen LogP contribution in [0.25, 0.3) is 0 Å². The van der Waals surface area contributed by atoms with E-state index in [4.69, 9.17) is 10.5 Å². The summed E-state index contributed by atoms with van der Waals surface area (Å²) in [5, 5.41) is 3.33. The molecule has 0 unspecified atom stereocenters. The smallest absolute Gasteiger partial charge is 0.242 e. The molecule has 0 saturated heterocycles. The number of unbranched alkanes of at least 4 members (excludes halogenated alkanes) is 2. The van der Waals surface area contributed by atoms with Crippen molar-refractivity contribution >= 4 is 11.5 Å². The third-order valence-corrected chi connectivity index (χ3v) is 3.17. The Morgan fingerprint density at radius 1 is 1.09 bits per heavy atom. The molecule has 0 aliphatic rings. The number of rotatable bonds is 10. The topological polar surface area (TPSA) is 73.1 Å². The first-order chi connectivity index (χ1) is 10.4. The van der Waals surface area contributed by atoms with Gasteiger partial charge in [0.05, 0.1) is 6.61 Å². The normalized spacial score (nSPS) is 11.2. The van der Waals surface area contributed by atoms with Gasteiger partial charge in [0.1, 0.15) is 11.5 Å². The number of nitrogens with one attached hydrogen (secondary N) is 1. The first-order valence-electron chi connectivity index (χ1n) is 8.47. The summed E-state index contributed by atoms with van der Waals surface area (Å²) in [5.74, 6) is 2.94. The van der Waals surface area contributed by atoms with Crippen LogP contribution in [-0.4, -0.2) is 23.1 Å². The van der Waals surface area contributed by atoms with E-state index < -0.39 is 0 Å². The van der Waals surface area contributed by atoms with Crippen LogP contribution in [-0.2, 0) is 6.42 Å². The lowest BCUT2D eigenvalue weighted by Gasteiger charge is -2.15. The number of nitrogens with zero attached hydrogens (tertiary/aromatic N) is 2. The zero-order valence-electron chi connectivity index (χ0n) is 14.8. The van der Waals surface area contributed by atoms with Crippen LogP contribution in [0.5, 0.6) is 5.88 Å². The fourth-order valence-electron chi connectivity index (χ4n) is 2.02. The average Bonchev–Trinajstić information content (AvgIpc) is 2.44. The van der Waals surface area contributed by atoms with Crippen molar-refractivity contribution in [2.24, 2.45) is 11.8 Å². The predicted octanol–water partition coefficient (Wildman–Crippen LogP) is 3.89. The Labute approximate surface area is 135 Å². The Balaban J connectivity index is 2.88. The molecular weight excluding hydrogens is 276 g/mol. The molecule has 1 aromatic rings. The van der Waals surface area contributed by atoms with Crippen molar-refractivity contribution in [2.75, 3.05) is 24.2 Å². The first-order valence-corrected chi connectivity index (χ1v) is 8.47. The molecule has 5 nitrogen and oxygen atoms in total. The fourth-order valence-corrected chi connectivity index (χ4v) is 2.02. The number of hydrogen-bond acceptors (Lipinski definition) is 5. The van der Waals surface area contributed by atoms with Crippen molar-refractivity contribution in [3.05, 3.63) is 5.82 Å². The molecule has 1 rings (SSSR count). The molecular formula is C17H32N4O.